The lowest BCUT2D eigenvalue weighted by molar-refractivity contribution is -0.0432. The quantitative estimate of drug-likeness (QED) is 0.766. The van der Waals surface area contributed by atoms with E-state index in [1.165, 1.54) is 19.2 Å². The molecule has 0 radical (unpaired) electrons. The first kappa shape index (κ1) is 14.8. The van der Waals surface area contributed by atoms with Crippen molar-refractivity contribution >= 4 is 17.0 Å². The maximum absolute atomic E-state index is 9.91. The molecule has 1 saturated carbocycles. The molecule has 2 aromatic heterocycles. The number of aliphatic hydroxyl groups is 2. The molecule has 0 amide bonds. The van der Waals surface area contributed by atoms with Crippen molar-refractivity contribution in [3.63, 3.8) is 0 Å². The lowest BCUT2D eigenvalue weighted by Gasteiger charge is -2.14. The third-order valence-corrected chi connectivity index (χ3v) is 4.75. The Balaban J connectivity index is 1.62. The molecular weight excluding hydrogens is 298 g/mol. The summed E-state index contributed by atoms with van der Waals surface area (Å²) in [7, 11) is 0. The maximum Gasteiger partial charge on any atom is 0.167 e. The van der Waals surface area contributed by atoms with E-state index in [0.717, 1.165) is 18.7 Å². The Bertz CT molecular complexity index is 685. The molecule has 3 heterocycles. The highest BCUT2D eigenvalue weighted by Gasteiger charge is 2.35. The molecule has 4 rings (SSSR count). The van der Waals surface area contributed by atoms with Gasteiger partial charge in [-0.1, -0.05) is 12.8 Å². The first-order chi connectivity index (χ1) is 11.3. The van der Waals surface area contributed by atoms with Crippen LogP contribution in [0.5, 0.6) is 0 Å². The average molecular weight is 319 g/mol. The van der Waals surface area contributed by atoms with Crippen LogP contribution in [-0.2, 0) is 4.74 Å². The second kappa shape index (κ2) is 6.03. The number of aromatic nitrogens is 4. The first-order valence-corrected chi connectivity index (χ1v) is 8.14. The topological polar surface area (TPSA) is 105 Å². The molecular formula is C15H21N5O3. The zero-order chi connectivity index (χ0) is 15.8. The largest absolute Gasteiger partial charge is 0.394 e. The van der Waals surface area contributed by atoms with Gasteiger partial charge in [0, 0.05) is 12.5 Å². The minimum absolute atomic E-state index is 0.201. The van der Waals surface area contributed by atoms with Gasteiger partial charge in [-0.05, 0) is 12.8 Å². The highest BCUT2D eigenvalue weighted by molar-refractivity contribution is 5.82. The van der Waals surface area contributed by atoms with Crippen LogP contribution in [0.15, 0.2) is 12.7 Å². The minimum Gasteiger partial charge on any atom is -0.394 e. The molecule has 1 saturated heterocycles. The van der Waals surface area contributed by atoms with Crippen LogP contribution in [0, 0.1) is 0 Å². The van der Waals surface area contributed by atoms with Gasteiger partial charge in [0.05, 0.1) is 19.0 Å². The highest BCUT2D eigenvalue weighted by Crippen LogP contribution is 2.32. The van der Waals surface area contributed by atoms with Crippen molar-refractivity contribution in [2.24, 2.45) is 0 Å². The van der Waals surface area contributed by atoms with E-state index in [0.29, 0.717) is 23.6 Å². The summed E-state index contributed by atoms with van der Waals surface area (Å²) >= 11 is 0. The van der Waals surface area contributed by atoms with Gasteiger partial charge in [-0.25, -0.2) is 15.0 Å². The van der Waals surface area contributed by atoms with Crippen LogP contribution in [-0.4, -0.2) is 54.6 Å². The lowest BCUT2D eigenvalue weighted by atomic mass is 10.2. The molecule has 1 aliphatic heterocycles. The van der Waals surface area contributed by atoms with Gasteiger partial charge >= 0.3 is 0 Å². The van der Waals surface area contributed by atoms with E-state index in [-0.39, 0.29) is 12.8 Å². The number of anilines is 1. The van der Waals surface area contributed by atoms with Crippen LogP contribution >= 0.6 is 0 Å². The van der Waals surface area contributed by atoms with Crippen LogP contribution in [0.25, 0.3) is 11.2 Å². The van der Waals surface area contributed by atoms with Gasteiger partial charge in [-0.15, -0.1) is 0 Å². The van der Waals surface area contributed by atoms with Crippen molar-refractivity contribution < 1.29 is 14.9 Å². The molecule has 3 atom stereocenters. The van der Waals surface area contributed by atoms with Crippen LogP contribution in [0.2, 0.25) is 0 Å². The van der Waals surface area contributed by atoms with E-state index in [1.54, 1.807) is 10.9 Å². The van der Waals surface area contributed by atoms with E-state index in [4.69, 9.17) is 4.74 Å². The van der Waals surface area contributed by atoms with Crippen LogP contribution < -0.4 is 5.32 Å². The molecule has 2 aliphatic rings. The third-order valence-electron chi connectivity index (χ3n) is 4.75. The predicted molar refractivity (Wildman–Crippen MR) is 82.8 cm³/mol. The van der Waals surface area contributed by atoms with Crippen molar-refractivity contribution in [2.75, 3.05) is 11.9 Å². The van der Waals surface area contributed by atoms with Crippen LogP contribution in [0.3, 0.4) is 0 Å². The second-order valence-corrected chi connectivity index (χ2v) is 6.29. The summed E-state index contributed by atoms with van der Waals surface area (Å²) in [5, 5.41) is 22.6. The number of hydrogen-bond donors (Lipinski definition) is 3. The number of nitrogens with one attached hydrogen (secondary N) is 1. The standard InChI is InChI=1S/C15H21N5O3/c21-6-11-10(22)5-12(23-11)20-8-18-13-14(16-7-17-15(13)20)19-9-3-1-2-4-9/h7-12,21-22H,1-6H2,(H,16,17,19)/t10?,11-,12-/m1/s1. The average Bonchev–Trinajstić information content (AvgIpc) is 3.26. The fourth-order valence-corrected chi connectivity index (χ4v) is 3.48. The molecule has 2 fully saturated rings. The number of rotatable bonds is 4. The maximum atomic E-state index is 9.91. The number of imidazole rings is 1. The van der Waals surface area contributed by atoms with Gasteiger partial charge in [-0.3, -0.25) is 4.57 Å². The Morgan fingerprint density at radius 3 is 2.83 bits per heavy atom. The van der Waals surface area contributed by atoms with Crippen LogP contribution in [0.1, 0.15) is 38.3 Å². The number of fused-ring (bicyclic) bond motifs is 1. The Kier molecular flexibility index (Phi) is 3.88. The molecule has 8 nitrogen and oxygen atoms in total. The van der Waals surface area contributed by atoms with E-state index < -0.39 is 12.2 Å². The number of aliphatic hydroxyl groups excluding tert-OH is 2. The van der Waals surface area contributed by atoms with Crippen molar-refractivity contribution in [3.05, 3.63) is 12.7 Å². The summed E-state index contributed by atoms with van der Waals surface area (Å²) in [5.74, 6) is 0.748. The third kappa shape index (κ3) is 2.66. The van der Waals surface area contributed by atoms with Gasteiger partial charge in [0.2, 0.25) is 0 Å². The molecule has 124 valence electrons. The Morgan fingerprint density at radius 2 is 2.09 bits per heavy atom. The summed E-state index contributed by atoms with van der Waals surface area (Å²) in [6.07, 6.45) is 6.78. The smallest absolute Gasteiger partial charge is 0.167 e. The molecule has 2 aromatic rings. The SMILES string of the molecule is OC[C@H]1O[C@@H](n2cnc3c(NC4CCCC4)ncnc32)CC1O. The molecule has 1 aliphatic carbocycles. The summed E-state index contributed by atoms with van der Waals surface area (Å²) in [4.78, 5) is 13.1. The van der Waals surface area contributed by atoms with E-state index >= 15 is 0 Å². The molecule has 23 heavy (non-hydrogen) atoms. The fourth-order valence-electron chi connectivity index (χ4n) is 3.48. The van der Waals surface area contributed by atoms with Crippen LogP contribution in [0.4, 0.5) is 5.82 Å². The summed E-state index contributed by atoms with van der Waals surface area (Å²) in [6.45, 7) is -0.201. The van der Waals surface area contributed by atoms with Gasteiger partial charge in [0.15, 0.2) is 17.0 Å². The van der Waals surface area contributed by atoms with E-state index in [9.17, 15) is 10.2 Å². The number of nitrogens with zero attached hydrogens (tertiary/aromatic N) is 4. The van der Waals surface area contributed by atoms with Gasteiger partial charge < -0.3 is 20.3 Å². The van der Waals surface area contributed by atoms with E-state index in [1.807, 2.05) is 0 Å². The molecule has 8 heteroatoms. The van der Waals surface area contributed by atoms with E-state index in [2.05, 4.69) is 20.3 Å². The van der Waals surface area contributed by atoms with Gasteiger partial charge in [0.25, 0.3) is 0 Å². The van der Waals surface area contributed by atoms with Gasteiger partial charge in [-0.2, -0.15) is 0 Å². The predicted octanol–water partition coefficient (Wildman–Crippen LogP) is 0.821. The molecule has 3 N–H and O–H groups in total. The van der Waals surface area contributed by atoms with Crippen molar-refractivity contribution in [1.29, 1.82) is 0 Å². The Morgan fingerprint density at radius 1 is 1.26 bits per heavy atom. The van der Waals surface area contributed by atoms with Gasteiger partial charge in [0.1, 0.15) is 18.7 Å². The normalized spacial score (nSPS) is 28.7. The molecule has 0 spiro atoms. The molecule has 0 aromatic carbocycles. The van der Waals surface area contributed by atoms with Crippen molar-refractivity contribution in [3.8, 4) is 0 Å². The summed E-state index contributed by atoms with van der Waals surface area (Å²) < 4.78 is 7.49. The van der Waals surface area contributed by atoms with Crippen molar-refractivity contribution in [2.45, 2.75) is 56.6 Å². The monoisotopic (exact) mass is 319 g/mol. The first-order valence-electron chi connectivity index (χ1n) is 8.14. The fraction of sp³-hybridized carbons (Fsp3) is 0.667. The Labute approximate surface area is 133 Å². The number of ether oxygens (including phenoxy) is 1. The molecule has 1 unspecified atom stereocenters. The van der Waals surface area contributed by atoms with Crippen molar-refractivity contribution in [1.82, 2.24) is 19.5 Å². The lowest BCUT2D eigenvalue weighted by Crippen LogP contribution is -2.24. The summed E-state index contributed by atoms with van der Waals surface area (Å²) in [6, 6.07) is 0.446. The Hall–Kier alpha value is -1.77. The summed E-state index contributed by atoms with van der Waals surface area (Å²) in [5.41, 5.74) is 1.39. The second-order valence-electron chi connectivity index (χ2n) is 6.29. The zero-order valence-electron chi connectivity index (χ0n) is 12.8. The highest BCUT2D eigenvalue weighted by atomic mass is 16.5. The molecule has 0 bridgehead atoms. The minimum atomic E-state index is -0.680. The number of hydrogen-bond acceptors (Lipinski definition) is 7. The zero-order valence-corrected chi connectivity index (χ0v) is 12.8.